The molecule has 21 heavy (non-hydrogen) atoms. The number of ether oxygens (including phenoxy) is 1. The summed E-state index contributed by atoms with van der Waals surface area (Å²) in [7, 11) is 3.42. The Bertz CT molecular complexity index is 344. The molecule has 122 valence electrons. The minimum Gasteiger partial charge on any atom is -0.468 e. The van der Waals surface area contributed by atoms with Crippen LogP contribution in [0.25, 0.3) is 0 Å². The molecule has 1 saturated heterocycles. The molecule has 0 aromatic heterocycles. The van der Waals surface area contributed by atoms with Crippen LogP contribution in [0.1, 0.15) is 51.9 Å². The number of carbonyl (C=O) groups excluding carboxylic acids is 1. The van der Waals surface area contributed by atoms with Gasteiger partial charge in [-0.3, -0.25) is 0 Å². The van der Waals surface area contributed by atoms with E-state index in [-0.39, 0.29) is 5.97 Å². The molecule has 0 aromatic rings. The van der Waals surface area contributed by atoms with E-state index >= 15 is 0 Å². The first-order valence-corrected chi connectivity index (χ1v) is 8.66. The Kier molecular flexibility index (Phi) is 6.06. The summed E-state index contributed by atoms with van der Waals surface area (Å²) < 4.78 is 5.11. The third kappa shape index (κ3) is 3.98. The van der Waals surface area contributed by atoms with Crippen LogP contribution in [0, 0.1) is 11.8 Å². The number of methoxy groups -OCH3 is 1. The highest BCUT2D eigenvalue weighted by molar-refractivity contribution is 5.82. The minimum absolute atomic E-state index is 0.0816. The van der Waals surface area contributed by atoms with Crippen LogP contribution < -0.4 is 5.32 Å². The van der Waals surface area contributed by atoms with Crippen LogP contribution in [0.5, 0.6) is 0 Å². The van der Waals surface area contributed by atoms with Crippen LogP contribution >= 0.6 is 0 Å². The highest BCUT2D eigenvalue weighted by atomic mass is 16.5. The Balaban J connectivity index is 1.98. The third-order valence-corrected chi connectivity index (χ3v) is 5.38. The molecule has 0 spiro atoms. The van der Waals surface area contributed by atoms with Crippen LogP contribution in [-0.2, 0) is 9.53 Å². The van der Waals surface area contributed by atoms with Gasteiger partial charge in [-0.2, -0.15) is 0 Å². The lowest BCUT2D eigenvalue weighted by molar-refractivity contribution is -0.150. The first kappa shape index (κ1) is 16.8. The van der Waals surface area contributed by atoms with Gasteiger partial charge >= 0.3 is 5.97 Å². The number of nitrogens with zero attached hydrogens (tertiary/aromatic N) is 1. The average molecular weight is 296 g/mol. The van der Waals surface area contributed by atoms with Crippen molar-refractivity contribution in [1.82, 2.24) is 10.2 Å². The summed E-state index contributed by atoms with van der Waals surface area (Å²) in [6.07, 6.45) is 8.80. The van der Waals surface area contributed by atoms with E-state index in [4.69, 9.17) is 4.74 Å². The molecule has 2 rings (SSSR count). The molecule has 2 atom stereocenters. The summed E-state index contributed by atoms with van der Waals surface area (Å²) in [6, 6.07) is 0. The van der Waals surface area contributed by atoms with Gasteiger partial charge in [0.15, 0.2) is 0 Å². The molecule has 1 N–H and O–H groups in total. The summed E-state index contributed by atoms with van der Waals surface area (Å²) in [6.45, 7) is 5.32. The van der Waals surface area contributed by atoms with E-state index in [1.807, 2.05) is 7.05 Å². The molecule has 2 fully saturated rings. The van der Waals surface area contributed by atoms with Crippen LogP contribution in [-0.4, -0.2) is 50.2 Å². The molecule has 0 bridgehead atoms. The van der Waals surface area contributed by atoms with E-state index in [0.717, 1.165) is 38.4 Å². The first-order valence-electron chi connectivity index (χ1n) is 8.66. The van der Waals surface area contributed by atoms with Crippen molar-refractivity contribution >= 4 is 5.97 Å². The summed E-state index contributed by atoms with van der Waals surface area (Å²) in [5.41, 5.74) is -0.487. The molecule has 1 aliphatic carbocycles. The zero-order valence-electron chi connectivity index (χ0n) is 14.0. The van der Waals surface area contributed by atoms with Gasteiger partial charge in [-0.15, -0.1) is 0 Å². The van der Waals surface area contributed by atoms with Gasteiger partial charge in [0, 0.05) is 6.54 Å². The maximum absolute atomic E-state index is 12.4. The second-order valence-electron chi connectivity index (χ2n) is 6.85. The van der Waals surface area contributed by atoms with E-state index in [0.29, 0.717) is 5.92 Å². The van der Waals surface area contributed by atoms with Crippen molar-refractivity contribution in [3.63, 3.8) is 0 Å². The van der Waals surface area contributed by atoms with Crippen molar-refractivity contribution < 1.29 is 9.53 Å². The molecule has 0 radical (unpaired) electrons. The largest absolute Gasteiger partial charge is 0.468 e. The van der Waals surface area contributed by atoms with Crippen LogP contribution in [0.3, 0.4) is 0 Å². The zero-order valence-corrected chi connectivity index (χ0v) is 14.0. The summed E-state index contributed by atoms with van der Waals surface area (Å²) in [4.78, 5) is 14.8. The Hall–Kier alpha value is -0.610. The molecule has 2 unspecified atom stereocenters. The van der Waals surface area contributed by atoms with Gasteiger partial charge in [-0.25, -0.2) is 4.79 Å². The van der Waals surface area contributed by atoms with E-state index < -0.39 is 5.54 Å². The molecule has 4 nitrogen and oxygen atoms in total. The van der Waals surface area contributed by atoms with Gasteiger partial charge in [0.1, 0.15) is 5.54 Å². The van der Waals surface area contributed by atoms with Crippen molar-refractivity contribution in [3.05, 3.63) is 0 Å². The predicted molar refractivity (Wildman–Crippen MR) is 85.2 cm³/mol. The molecule has 4 heteroatoms. The van der Waals surface area contributed by atoms with Crippen molar-refractivity contribution in [2.45, 2.75) is 57.4 Å². The predicted octanol–water partition coefficient (Wildman–Crippen LogP) is 2.43. The minimum atomic E-state index is -0.487. The standard InChI is InChI=1S/C17H32N2O2/c1-4-6-14-7-5-11-19(12-10-14)13-17(18-2,15-8-9-15)16(20)21-3/h14-15,18H,4-13H2,1-3H3. The van der Waals surface area contributed by atoms with Gasteiger partial charge in [-0.05, 0) is 64.1 Å². The second-order valence-corrected chi connectivity index (χ2v) is 6.85. The molecular formula is C17H32N2O2. The van der Waals surface area contributed by atoms with Crippen LogP contribution in [0.15, 0.2) is 0 Å². The fourth-order valence-corrected chi connectivity index (χ4v) is 3.94. The molecule has 0 amide bonds. The lowest BCUT2D eigenvalue weighted by Gasteiger charge is -2.36. The lowest BCUT2D eigenvalue weighted by Crippen LogP contribution is -2.60. The van der Waals surface area contributed by atoms with Gasteiger partial charge in [0.05, 0.1) is 7.11 Å². The maximum atomic E-state index is 12.4. The fraction of sp³-hybridized carbons (Fsp3) is 0.941. The van der Waals surface area contributed by atoms with Crippen LogP contribution in [0.4, 0.5) is 0 Å². The Morgan fingerprint density at radius 1 is 1.29 bits per heavy atom. The number of likely N-dealkylation sites (tertiary alicyclic amines) is 1. The summed E-state index contributed by atoms with van der Waals surface area (Å²) >= 11 is 0. The Labute approximate surface area is 129 Å². The summed E-state index contributed by atoms with van der Waals surface area (Å²) in [5.74, 6) is 1.24. The number of nitrogens with one attached hydrogen (secondary N) is 1. The number of hydrogen-bond acceptors (Lipinski definition) is 4. The third-order valence-electron chi connectivity index (χ3n) is 5.38. The smallest absolute Gasteiger partial charge is 0.327 e. The summed E-state index contributed by atoms with van der Waals surface area (Å²) in [5, 5.41) is 3.32. The van der Waals surface area contributed by atoms with Crippen molar-refractivity contribution in [2.75, 3.05) is 33.8 Å². The molecule has 1 saturated carbocycles. The lowest BCUT2D eigenvalue weighted by atomic mass is 9.92. The number of rotatable bonds is 7. The first-order chi connectivity index (χ1) is 10.2. The zero-order chi connectivity index (χ0) is 15.3. The Morgan fingerprint density at radius 3 is 2.62 bits per heavy atom. The second kappa shape index (κ2) is 7.59. The molecular weight excluding hydrogens is 264 g/mol. The number of likely N-dealkylation sites (N-methyl/N-ethyl adjacent to an activating group) is 1. The Morgan fingerprint density at radius 2 is 2.05 bits per heavy atom. The van der Waals surface area contributed by atoms with Crippen molar-refractivity contribution in [2.24, 2.45) is 11.8 Å². The van der Waals surface area contributed by atoms with Crippen molar-refractivity contribution in [1.29, 1.82) is 0 Å². The average Bonchev–Trinajstić information content (AvgIpc) is 3.33. The normalized spacial score (nSPS) is 26.9. The van der Waals surface area contributed by atoms with Gasteiger partial charge in [0.25, 0.3) is 0 Å². The van der Waals surface area contributed by atoms with E-state index in [1.54, 1.807) is 0 Å². The number of esters is 1. The topological polar surface area (TPSA) is 41.6 Å². The van der Waals surface area contributed by atoms with E-state index in [2.05, 4.69) is 17.1 Å². The van der Waals surface area contributed by atoms with Gasteiger partial charge in [0.2, 0.25) is 0 Å². The van der Waals surface area contributed by atoms with Crippen LogP contribution in [0.2, 0.25) is 0 Å². The maximum Gasteiger partial charge on any atom is 0.327 e. The highest BCUT2D eigenvalue weighted by Crippen LogP contribution is 2.41. The molecule has 2 aliphatic rings. The highest BCUT2D eigenvalue weighted by Gasteiger charge is 2.51. The fourth-order valence-electron chi connectivity index (χ4n) is 3.94. The van der Waals surface area contributed by atoms with Gasteiger partial charge < -0.3 is 15.0 Å². The SMILES string of the molecule is CCCC1CCCN(CC(NC)(C(=O)OC)C2CC2)CC1. The van der Waals surface area contributed by atoms with Gasteiger partial charge in [-0.1, -0.05) is 19.8 Å². The quantitative estimate of drug-likeness (QED) is 0.733. The van der Waals surface area contributed by atoms with E-state index in [9.17, 15) is 4.79 Å². The molecule has 1 aliphatic heterocycles. The monoisotopic (exact) mass is 296 g/mol. The van der Waals surface area contributed by atoms with Crippen molar-refractivity contribution in [3.8, 4) is 0 Å². The van der Waals surface area contributed by atoms with E-state index in [1.165, 1.54) is 39.2 Å². The number of carbonyl (C=O) groups is 1. The molecule has 0 aromatic carbocycles. The molecule has 1 heterocycles. The number of hydrogen-bond donors (Lipinski definition) is 1.